The quantitative estimate of drug-likeness (QED) is 0.786. The fourth-order valence-corrected chi connectivity index (χ4v) is 2.01. The lowest BCUT2D eigenvalue weighted by atomic mass is 10.1. The number of nitrogens with one attached hydrogen (secondary N) is 1. The number of hydrogen-bond donors (Lipinski definition) is 2. The number of hydrogen-bond acceptors (Lipinski definition) is 2. The van der Waals surface area contributed by atoms with E-state index in [1.807, 2.05) is 43.3 Å². The number of aryl methyl sites for hydroxylation is 1. The molecule has 2 nitrogen and oxygen atoms in total. The van der Waals surface area contributed by atoms with Gasteiger partial charge in [-0.15, -0.1) is 0 Å². The van der Waals surface area contributed by atoms with Crippen LogP contribution in [0.4, 0.5) is 17.1 Å². The van der Waals surface area contributed by atoms with Crippen molar-refractivity contribution in [3.05, 3.63) is 51.5 Å². The zero-order valence-corrected chi connectivity index (χ0v) is 11.6. The molecule has 0 amide bonds. The van der Waals surface area contributed by atoms with Crippen molar-refractivity contribution in [2.75, 3.05) is 11.1 Å². The number of nitrogen functional groups attached to an aromatic ring is 1. The van der Waals surface area contributed by atoms with Gasteiger partial charge in [0.1, 0.15) is 0 Å². The molecule has 0 aliphatic rings. The molecule has 2 aromatic carbocycles. The molecule has 3 N–H and O–H groups in total. The number of halogens is 2. The molecule has 0 saturated heterocycles. The highest BCUT2D eigenvalue weighted by Crippen LogP contribution is 2.30. The number of rotatable bonds is 2. The van der Waals surface area contributed by atoms with Crippen molar-refractivity contribution in [1.82, 2.24) is 0 Å². The fraction of sp³-hybridized carbons (Fsp3) is 0.0769. The second-order valence-electron chi connectivity index (χ2n) is 3.79. The van der Waals surface area contributed by atoms with Gasteiger partial charge in [0.25, 0.3) is 0 Å². The third-order valence-corrected chi connectivity index (χ3v) is 3.73. The first kappa shape index (κ1) is 12.3. The van der Waals surface area contributed by atoms with Crippen LogP contribution in [0.15, 0.2) is 40.9 Å². The molecule has 2 rings (SSSR count). The average molecular weight is 312 g/mol. The van der Waals surface area contributed by atoms with Crippen LogP contribution in [0.1, 0.15) is 5.56 Å². The number of benzene rings is 2. The summed E-state index contributed by atoms with van der Waals surface area (Å²) in [7, 11) is 0. The van der Waals surface area contributed by atoms with E-state index in [0.717, 1.165) is 27.1 Å². The van der Waals surface area contributed by atoms with Crippen molar-refractivity contribution >= 4 is 44.6 Å². The van der Waals surface area contributed by atoms with Crippen LogP contribution in [-0.4, -0.2) is 0 Å². The minimum absolute atomic E-state index is 0.669. The van der Waals surface area contributed by atoms with Crippen LogP contribution in [-0.2, 0) is 0 Å². The molecule has 4 heteroatoms. The van der Waals surface area contributed by atoms with Crippen molar-refractivity contribution in [2.24, 2.45) is 0 Å². The average Bonchev–Trinajstić information content (AvgIpc) is 2.28. The van der Waals surface area contributed by atoms with Crippen LogP contribution in [0, 0.1) is 6.92 Å². The summed E-state index contributed by atoms with van der Waals surface area (Å²) in [5.74, 6) is 0. The molecule has 0 saturated carbocycles. The molecule has 0 radical (unpaired) electrons. The summed E-state index contributed by atoms with van der Waals surface area (Å²) in [4.78, 5) is 0. The smallest absolute Gasteiger partial charge is 0.0647 e. The second kappa shape index (κ2) is 4.98. The van der Waals surface area contributed by atoms with E-state index in [4.69, 9.17) is 17.3 Å². The van der Waals surface area contributed by atoms with Crippen molar-refractivity contribution < 1.29 is 0 Å². The van der Waals surface area contributed by atoms with Crippen LogP contribution < -0.4 is 11.1 Å². The normalized spacial score (nSPS) is 10.3. The van der Waals surface area contributed by atoms with Crippen molar-refractivity contribution in [1.29, 1.82) is 0 Å². The minimum atomic E-state index is 0.669. The van der Waals surface area contributed by atoms with E-state index in [0.29, 0.717) is 5.02 Å². The van der Waals surface area contributed by atoms with Gasteiger partial charge in [-0.3, -0.25) is 0 Å². The summed E-state index contributed by atoms with van der Waals surface area (Å²) < 4.78 is 0.877. The van der Waals surface area contributed by atoms with E-state index >= 15 is 0 Å². The van der Waals surface area contributed by atoms with Gasteiger partial charge in [-0.25, -0.2) is 0 Å². The summed E-state index contributed by atoms with van der Waals surface area (Å²) in [6.07, 6.45) is 0. The van der Waals surface area contributed by atoms with Crippen molar-refractivity contribution in [3.8, 4) is 0 Å². The Bertz CT molecular complexity index is 535. The maximum Gasteiger partial charge on any atom is 0.0647 e. The summed E-state index contributed by atoms with van der Waals surface area (Å²) in [5, 5.41) is 3.95. The minimum Gasteiger partial charge on any atom is -0.397 e. The molecule has 0 aromatic heterocycles. The first-order valence-electron chi connectivity index (χ1n) is 5.15. The highest BCUT2D eigenvalue weighted by atomic mass is 79.9. The van der Waals surface area contributed by atoms with E-state index in [2.05, 4.69) is 21.2 Å². The summed E-state index contributed by atoms with van der Waals surface area (Å²) >= 11 is 9.40. The molecule has 0 aliphatic heterocycles. The van der Waals surface area contributed by atoms with E-state index in [1.165, 1.54) is 0 Å². The Morgan fingerprint density at radius 3 is 2.65 bits per heavy atom. The van der Waals surface area contributed by atoms with E-state index in [-0.39, 0.29) is 0 Å². The van der Waals surface area contributed by atoms with Crippen LogP contribution in [0.2, 0.25) is 5.02 Å². The lowest BCUT2D eigenvalue weighted by Gasteiger charge is -2.12. The molecule has 88 valence electrons. The molecule has 0 fully saturated rings. The molecule has 2 aromatic rings. The fourth-order valence-electron chi connectivity index (χ4n) is 1.58. The molecule has 17 heavy (non-hydrogen) atoms. The van der Waals surface area contributed by atoms with Crippen LogP contribution in [0.3, 0.4) is 0 Å². The second-order valence-corrected chi connectivity index (χ2v) is 5.05. The predicted octanol–water partition coefficient (Wildman–Crippen LogP) is 4.74. The Kier molecular flexibility index (Phi) is 3.60. The SMILES string of the molecule is Cc1cccc(N)c1Nc1ccc(Br)c(Cl)c1. The van der Waals surface area contributed by atoms with Gasteiger partial charge < -0.3 is 11.1 Å². The van der Waals surface area contributed by atoms with Crippen LogP contribution >= 0.6 is 27.5 Å². The highest BCUT2D eigenvalue weighted by Gasteiger charge is 2.04. The van der Waals surface area contributed by atoms with E-state index < -0.39 is 0 Å². The molecule has 0 unspecified atom stereocenters. The molecule has 0 spiro atoms. The van der Waals surface area contributed by atoms with Crippen molar-refractivity contribution in [3.63, 3.8) is 0 Å². The zero-order chi connectivity index (χ0) is 12.4. The number of anilines is 3. The van der Waals surface area contributed by atoms with Gasteiger partial charge in [-0.05, 0) is 52.7 Å². The largest absolute Gasteiger partial charge is 0.397 e. The predicted molar refractivity (Wildman–Crippen MR) is 78.0 cm³/mol. The van der Waals surface area contributed by atoms with Gasteiger partial charge in [-0.2, -0.15) is 0 Å². The molecule has 0 bridgehead atoms. The molecular formula is C13H12BrClN2. The first-order chi connectivity index (χ1) is 8.08. The number of nitrogens with two attached hydrogens (primary N) is 1. The maximum atomic E-state index is 6.04. The number of para-hydroxylation sites is 1. The van der Waals surface area contributed by atoms with Gasteiger partial charge in [0, 0.05) is 10.2 Å². The lowest BCUT2D eigenvalue weighted by molar-refractivity contribution is 1.43. The molecule has 0 aliphatic carbocycles. The first-order valence-corrected chi connectivity index (χ1v) is 6.32. The Labute approximate surface area is 114 Å². The highest BCUT2D eigenvalue weighted by molar-refractivity contribution is 9.10. The van der Waals surface area contributed by atoms with E-state index in [9.17, 15) is 0 Å². The molecule has 0 heterocycles. The van der Waals surface area contributed by atoms with Gasteiger partial charge in [0.15, 0.2) is 0 Å². The van der Waals surface area contributed by atoms with Crippen molar-refractivity contribution in [2.45, 2.75) is 6.92 Å². The van der Waals surface area contributed by atoms with Gasteiger partial charge >= 0.3 is 0 Å². The van der Waals surface area contributed by atoms with Gasteiger partial charge in [-0.1, -0.05) is 23.7 Å². The summed E-state index contributed by atoms with van der Waals surface area (Å²) in [6, 6.07) is 11.5. The Hall–Kier alpha value is -1.19. The topological polar surface area (TPSA) is 38.0 Å². The van der Waals surface area contributed by atoms with Gasteiger partial charge in [0.2, 0.25) is 0 Å². The Morgan fingerprint density at radius 2 is 2.00 bits per heavy atom. The summed E-state index contributed by atoms with van der Waals surface area (Å²) in [6.45, 7) is 2.01. The Balaban J connectivity index is 2.35. The van der Waals surface area contributed by atoms with Gasteiger partial charge in [0.05, 0.1) is 16.4 Å². The molecular weight excluding hydrogens is 300 g/mol. The van der Waals surface area contributed by atoms with Crippen LogP contribution in [0.25, 0.3) is 0 Å². The molecule has 0 atom stereocenters. The zero-order valence-electron chi connectivity index (χ0n) is 9.30. The van der Waals surface area contributed by atoms with E-state index in [1.54, 1.807) is 0 Å². The third kappa shape index (κ3) is 2.73. The van der Waals surface area contributed by atoms with Crippen LogP contribution in [0.5, 0.6) is 0 Å². The monoisotopic (exact) mass is 310 g/mol. The maximum absolute atomic E-state index is 6.04. The Morgan fingerprint density at radius 1 is 1.24 bits per heavy atom. The summed E-state index contributed by atoms with van der Waals surface area (Å²) in [5.41, 5.74) is 9.60. The standard InChI is InChI=1S/C13H12BrClN2/c1-8-3-2-4-12(16)13(8)17-9-5-6-10(14)11(15)7-9/h2-7,17H,16H2,1H3. The lowest BCUT2D eigenvalue weighted by Crippen LogP contribution is -1.98. The third-order valence-electron chi connectivity index (χ3n) is 2.49.